The molecule has 0 spiro atoms. The Balaban J connectivity index is 2.19. The normalized spacial score (nSPS) is 11.2. The Labute approximate surface area is 118 Å². The average molecular weight is 298 g/mol. The molecule has 2 aromatic rings. The van der Waals surface area contributed by atoms with E-state index in [0.717, 1.165) is 18.2 Å². The van der Waals surface area contributed by atoms with E-state index in [0.29, 0.717) is 6.29 Å². The Bertz CT molecular complexity index is 650. The van der Waals surface area contributed by atoms with Crippen LogP contribution in [0.15, 0.2) is 42.5 Å². The summed E-state index contributed by atoms with van der Waals surface area (Å²) < 4.78 is 56.4. The zero-order chi connectivity index (χ0) is 15.5. The monoisotopic (exact) mass is 298 g/mol. The highest BCUT2D eigenvalue weighted by atomic mass is 19.4. The van der Waals surface area contributed by atoms with Crippen LogP contribution in [-0.2, 0) is 12.8 Å². The summed E-state index contributed by atoms with van der Waals surface area (Å²) in [7, 11) is 0. The molecule has 0 aliphatic rings. The number of halogens is 4. The minimum Gasteiger partial charge on any atom is -0.485 e. The standard InChI is InChI=1S/C15H10F4O2/c16-13-6-2-4-11(8-20)14(13)21-9-10-3-1-5-12(7-10)15(17,18)19/h1-8H,9H2. The second-order valence-electron chi connectivity index (χ2n) is 4.26. The number of alkyl halides is 3. The van der Waals surface area contributed by atoms with Crippen LogP contribution in [0.4, 0.5) is 17.6 Å². The molecule has 0 radical (unpaired) electrons. The van der Waals surface area contributed by atoms with Gasteiger partial charge in [0.25, 0.3) is 0 Å². The lowest BCUT2D eigenvalue weighted by atomic mass is 10.1. The molecule has 21 heavy (non-hydrogen) atoms. The van der Waals surface area contributed by atoms with Crippen molar-refractivity contribution in [3.05, 3.63) is 65.0 Å². The summed E-state index contributed by atoms with van der Waals surface area (Å²) in [4.78, 5) is 10.8. The van der Waals surface area contributed by atoms with Gasteiger partial charge in [-0.15, -0.1) is 0 Å². The van der Waals surface area contributed by atoms with Crippen molar-refractivity contribution in [1.29, 1.82) is 0 Å². The molecule has 0 heterocycles. The van der Waals surface area contributed by atoms with E-state index in [2.05, 4.69) is 0 Å². The van der Waals surface area contributed by atoms with Gasteiger partial charge in [0.05, 0.1) is 11.1 Å². The van der Waals surface area contributed by atoms with E-state index in [9.17, 15) is 22.4 Å². The summed E-state index contributed by atoms with van der Waals surface area (Å²) in [5, 5.41) is 0. The van der Waals surface area contributed by atoms with Crippen LogP contribution < -0.4 is 4.74 Å². The molecule has 0 aromatic heterocycles. The molecule has 0 bridgehead atoms. The van der Waals surface area contributed by atoms with Gasteiger partial charge >= 0.3 is 6.18 Å². The molecule has 2 rings (SSSR count). The Morgan fingerprint density at radius 1 is 1.10 bits per heavy atom. The maximum atomic E-state index is 13.5. The van der Waals surface area contributed by atoms with Gasteiger partial charge in [-0.05, 0) is 29.8 Å². The molecule has 0 unspecified atom stereocenters. The molecule has 0 N–H and O–H groups in total. The Kier molecular flexibility index (Phi) is 4.26. The van der Waals surface area contributed by atoms with E-state index in [1.54, 1.807) is 0 Å². The molecule has 2 nitrogen and oxygen atoms in total. The number of ether oxygens (including phenoxy) is 1. The number of rotatable bonds is 4. The van der Waals surface area contributed by atoms with Crippen LogP contribution in [0.25, 0.3) is 0 Å². The highest BCUT2D eigenvalue weighted by Gasteiger charge is 2.30. The lowest BCUT2D eigenvalue weighted by Gasteiger charge is -2.11. The summed E-state index contributed by atoms with van der Waals surface area (Å²) in [5.74, 6) is -1.02. The molecule has 0 fully saturated rings. The summed E-state index contributed by atoms with van der Waals surface area (Å²) in [6.45, 7) is -0.272. The second-order valence-corrected chi connectivity index (χ2v) is 4.26. The van der Waals surface area contributed by atoms with Crippen LogP contribution in [0.5, 0.6) is 5.75 Å². The molecular weight excluding hydrogens is 288 g/mol. The fraction of sp³-hybridized carbons (Fsp3) is 0.133. The summed E-state index contributed by atoms with van der Waals surface area (Å²) in [5.41, 5.74) is -0.584. The van der Waals surface area contributed by atoms with Crippen molar-refractivity contribution in [3.8, 4) is 5.75 Å². The lowest BCUT2D eigenvalue weighted by molar-refractivity contribution is -0.137. The van der Waals surface area contributed by atoms with Crippen molar-refractivity contribution in [3.63, 3.8) is 0 Å². The number of hydrogen-bond acceptors (Lipinski definition) is 2. The van der Waals surface area contributed by atoms with Gasteiger partial charge in [-0.1, -0.05) is 18.2 Å². The van der Waals surface area contributed by atoms with Crippen LogP contribution in [0.2, 0.25) is 0 Å². The first-order chi connectivity index (χ1) is 9.91. The van der Waals surface area contributed by atoms with Crippen LogP contribution in [0.1, 0.15) is 21.5 Å². The third-order valence-electron chi connectivity index (χ3n) is 2.76. The minimum atomic E-state index is -4.46. The topological polar surface area (TPSA) is 26.3 Å². The van der Waals surface area contributed by atoms with Crippen LogP contribution in [0.3, 0.4) is 0 Å². The predicted molar refractivity (Wildman–Crippen MR) is 67.6 cm³/mol. The first kappa shape index (κ1) is 15.0. The maximum Gasteiger partial charge on any atom is 0.416 e. The lowest BCUT2D eigenvalue weighted by Crippen LogP contribution is -2.06. The highest BCUT2D eigenvalue weighted by molar-refractivity contribution is 5.79. The minimum absolute atomic E-state index is 0.00183. The van der Waals surface area contributed by atoms with Gasteiger partial charge in [0, 0.05) is 0 Å². The third kappa shape index (κ3) is 3.59. The molecule has 6 heteroatoms. The fourth-order valence-electron chi connectivity index (χ4n) is 1.76. The van der Waals surface area contributed by atoms with Crippen molar-refractivity contribution in [2.75, 3.05) is 0 Å². The highest BCUT2D eigenvalue weighted by Crippen LogP contribution is 2.30. The van der Waals surface area contributed by atoms with E-state index in [4.69, 9.17) is 4.74 Å². The first-order valence-corrected chi connectivity index (χ1v) is 5.94. The van der Waals surface area contributed by atoms with Crippen molar-refractivity contribution < 1.29 is 27.1 Å². The Hall–Kier alpha value is -2.37. The summed E-state index contributed by atoms with van der Waals surface area (Å²) >= 11 is 0. The zero-order valence-electron chi connectivity index (χ0n) is 10.7. The molecule has 0 saturated heterocycles. The van der Waals surface area contributed by atoms with Gasteiger partial charge in [0.2, 0.25) is 0 Å². The molecule has 110 valence electrons. The molecular formula is C15H10F4O2. The van der Waals surface area contributed by atoms with Crippen molar-refractivity contribution in [2.24, 2.45) is 0 Å². The van der Waals surface area contributed by atoms with Gasteiger partial charge in [-0.3, -0.25) is 4.79 Å². The van der Waals surface area contributed by atoms with Gasteiger partial charge in [-0.2, -0.15) is 13.2 Å². The SMILES string of the molecule is O=Cc1cccc(F)c1OCc1cccc(C(F)(F)F)c1. The van der Waals surface area contributed by atoms with E-state index in [1.165, 1.54) is 24.3 Å². The largest absolute Gasteiger partial charge is 0.485 e. The molecule has 0 saturated carbocycles. The van der Waals surface area contributed by atoms with Crippen LogP contribution >= 0.6 is 0 Å². The number of carbonyl (C=O) groups excluding carboxylic acids is 1. The Morgan fingerprint density at radius 2 is 1.81 bits per heavy atom. The summed E-state index contributed by atoms with van der Waals surface area (Å²) in [6.07, 6.45) is -4.04. The molecule has 0 atom stereocenters. The quantitative estimate of drug-likeness (QED) is 0.623. The number of benzene rings is 2. The average Bonchev–Trinajstić information content (AvgIpc) is 2.45. The number of aldehydes is 1. The van der Waals surface area contributed by atoms with E-state index < -0.39 is 17.6 Å². The van der Waals surface area contributed by atoms with Gasteiger partial charge in [0.15, 0.2) is 17.9 Å². The predicted octanol–water partition coefficient (Wildman–Crippen LogP) is 4.24. The van der Waals surface area contributed by atoms with E-state index in [1.807, 2.05) is 0 Å². The number of carbonyl (C=O) groups is 1. The van der Waals surface area contributed by atoms with Gasteiger partial charge in [-0.25, -0.2) is 4.39 Å². The third-order valence-corrected chi connectivity index (χ3v) is 2.76. The number of para-hydroxylation sites is 1. The molecule has 0 aliphatic carbocycles. The number of hydrogen-bond donors (Lipinski definition) is 0. The van der Waals surface area contributed by atoms with Crippen molar-refractivity contribution in [1.82, 2.24) is 0 Å². The fourth-order valence-corrected chi connectivity index (χ4v) is 1.76. The van der Waals surface area contributed by atoms with Crippen LogP contribution in [-0.4, -0.2) is 6.29 Å². The van der Waals surface area contributed by atoms with E-state index >= 15 is 0 Å². The van der Waals surface area contributed by atoms with Gasteiger partial charge < -0.3 is 4.74 Å². The zero-order valence-corrected chi connectivity index (χ0v) is 10.7. The molecule has 0 amide bonds. The molecule has 0 aliphatic heterocycles. The van der Waals surface area contributed by atoms with Crippen molar-refractivity contribution >= 4 is 6.29 Å². The second kappa shape index (κ2) is 5.95. The smallest absolute Gasteiger partial charge is 0.416 e. The molecule has 2 aromatic carbocycles. The van der Waals surface area contributed by atoms with Gasteiger partial charge in [0.1, 0.15) is 6.61 Å². The van der Waals surface area contributed by atoms with Crippen LogP contribution in [0, 0.1) is 5.82 Å². The summed E-state index contributed by atoms with van der Waals surface area (Å²) in [6, 6.07) is 8.33. The van der Waals surface area contributed by atoms with E-state index in [-0.39, 0.29) is 23.5 Å². The maximum absolute atomic E-state index is 13.5. The Morgan fingerprint density at radius 3 is 2.48 bits per heavy atom. The first-order valence-electron chi connectivity index (χ1n) is 5.94. The van der Waals surface area contributed by atoms with Crippen molar-refractivity contribution in [2.45, 2.75) is 12.8 Å².